The van der Waals surface area contributed by atoms with Gasteiger partial charge in [-0.05, 0) is 88.5 Å². The highest BCUT2D eigenvalue weighted by molar-refractivity contribution is 9.10. The van der Waals surface area contributed by atoms with E-state index in [0.717, 1.165) is 47.7 Å². The van der Waals surface area contributed by atoms with Gasteiger partial charge in [-0.15, -0.1) is 4.72 Å². The van der Waals surface area contributed by atoms with Crippen LogP contribution >= 0.6 is 15.9 Å². The number of carbonyl (C=O) groups is 1. The molecule has 0 aliphatic heterocycles. The number of hydrogen-bond acceptors (Lipinski definition) is 4. The Bertz CT molecular complexity index is 795. The Labute approximate surface area is 193 Å². The van der Waals surface area contributed by atoms with Gasteiger partial charge in [0, 0.05) is 21.2 Å². The fourth-order valence-electron chi connectivity index (χ4n) is 5.49. The minimum atomic E-state index is -1.42. The SMILES string of the molecule is CCOC(=O)[C@]1(N[S@@+]([O-])C(C)(C)C)c2cc(Br)ccc2C[C@@]12CC[C@H](C)[C@@H](CC)C2. The zero-order valence-electron chi connectivity index (χ0n) is 19.1. The van der Waals surface area contributed by atoms with Crippen LogP contribution in [0.15, 0.2) is 22.7 Å². The summed E-state index contributed by atoms with van der Waals surface area (Å²) in [5.74, 6) is 0.878. The Balaban J connectivity index is 2.23. The molecule has 0 saturated heterocycles. The molecule has 30 heavy (non-hydrogen) atoms. The molecule has 2 aliphatic rings. The predicted molar refractivity (Wildman–Crippen MR) is 126 cm³/mol. The van der Waals surface area contributed by atoms with Crippen molar-refractivity contribution in [3.63, 3.8) is 0 Å². The quantitative estimate of drug-likeness (QED) is 0.421. The van der Waals surface area contributed by atoms with Crippen molar-refractivity contribution in [3.05, 3.63) is 33.8 Å². The fourth-order valence-corrected chi connectivity index (χ4v) is 6.85. The van der Waals surface area contributed by atoms with E-state index in [1.54, 1.807) is 0 Å². The number of fused-ring (bicyclic) bond motifs is 1. The van der Waals surface area contributed by atoms with E-state index in [2.05, 4.69) is 40.6 Å². The number of carbonyl (C=O) groups excluding carboxylic acids is 1. The molecule has 1 saturated carbocycles. The van der Waals surface area contributed by atoms with Crippen molar-refractivity contribution < 1.29 is 14.1 Å². The summed E-state index contributed by atoms with van der Waals surface area (Å²) in [7, 11) is 0. The van der Waals surface area contributed by atoms with E-state index in [0.29, 0.717) is 18.4 Å². The molecule has 0 amide bonds. The molecule has 0 bridgehead atoms. The van der Waals surface area contributed by atoms with Gasteiger partial charge in [-0.1, -0.05) is 42.3 Å². The van der Waals surface area contributed by atoms with E-state index in [4.69, 9.17) is 4.74 Å². The van der Waals surface area contributed by atoms with E-state index >= 15 is 0 Å². The van der Waals surface area contributed by atoms with Crippen molar-refractivity contribution in [2.75, 3.05) is 6.61 Å². The Morgan fingerprint density at radius 1 is 1.37 bits per heavy atom. The third kappa shape index (κ3) is 3.98. The highest BCUT2D eigenvalue weighted by Gasteiger charge is 2.67. The molecule has 0 radical (unpaired) electrons. The average Bonchev–Trinajstić information content (AvgIpc) is 2.93. The van der Waals surface area contributed by atoms with Gasteiger partial charge in [-0.3, -0.25) is 0 Å². The molecule has 3 rings (SSSR count). The van der Waals surface area contributed by atoms with Crippen LogP contribution in [0.5, 0.6) is 0 Å². The molecule has 4 nitrogen and oxygen atoms in total. The van der Waals surface area contributed by atoms with E-state index in [1.807, 2.05) is 39.8 Å². The van der Waals surface area contributed by atoms with Crippen molar-refractivity contribution >= 4 is 33.3 Å². The fraction of sp³-hybridized carbons (Fsp3) is 0.708. The summed E-state index contributed by atoms with van der Waals surface area (Å²) in [6, 6.07) is 6.19. The van der Waals surface area contributed by atoms with Gasteiger partial charge in [0.1, 0.15) is 4.75 Å². The number of ether oxygens (including phenoxy) is 1. The molecule has 1 fully saturated rings. The van der Waals surface area contributed by atoms with Crippen LogP contribution in [0, 0.1) is 17.3 Å². The van der Waals surface area contributed by atoms with Gasteiger partial charge in [0.25, 0.3) is 0 Å². The number of esters is 1. The smallest absolute Gasteiger partial charge is 0.336 e. The summed E-state index contributed by atoms with van der Waals surface area (Å²) in [4.78, 5) is 13.8. The van der Waals surface area contributed by atoms with Crippen LogP contribution < -0.4 is 4.72 Å². The zero-order valence-corrected chi connectivity index (χ0v) is 21.5. The van der Waals surface area contributed by atoms with Crippen LogP contribution in [0.25, 0.3) is 0 Å². The molecule has 1 aromatic carbocycles. The number of rotatable bonds is 5. The van der Waals surface area contributed by atoms with Crippen molar-refractivity contribution in [1.29, 1.82) is 0 Å². The van der Waals surface area contributed by atoms with Crippen LogP contribution in [0.3, 0.4) is 0 Å². The molecule has 2 aliphatic carbocycles. The predicted octanol–water partition coefficient (Wildman–Crippen LogP) is 5.65. The Morgan fingerprint density at radius 3 is 2.67 bits per heavy atom. The Morgan fingerprint density at radius 2 is 2.07 bits per heavy atom. The lowest BCUT2D eigenvalue weighted by Crippen LogP contribution is -2.64. The van der Waals surface area contributed by atoms with Crippen LogP contribution in [0.2, 0.25) is 0 Å². The molecule has 0 heterocycles. The maximum atomic E-state index is 13.8. The molecular formula is C24H36BrNO3S. The van der Waals surface area contributed by atoms with Gasteiger partial charge >= 0.3 is 5.97 Å². The molecule has 0 unspecified atom stereocenters. The molecule has 168 valence electrons. The molecule has 6 heteroatoms. The van der Waals surface area contributed by atoms with E-state index in [9.17, 15) is 9.35 Å². The second-order valence-electron chi connectivity index (χ2n) is 10.1. The number of benzene rings is 1. The lowest BCUT2D eigenvalue weighted by atomic mass is 9.57. The van der Waals surface area contributed by atoms with Gasteiger partial charge < -0.3 is 9.29 Å². The second-order valence-corrected chi connectivity index (χ2v) is 13.0. The van der Waals surface area contributed by atoms with Crippen molar-refractivity contribution in [3.8, 4) is 0 Å². The van der Waals surface area contributed by atoms with Gasteiger partial charge in [0.15, 0.2) is 5.54 Å². The van der Waals surface area contributed by atoms with Gasteiger partial charge in [0.2, 0.25) is 0 Å². The molecular weight excluding hydrogens is 462 g/mol. The second kappa shape index (κ2) is 8.76. The van der Waals surface area contributed by atoms with E-state index in [-0.39, 0.29) is 11.4 Å². The minimum absolute atomic E-state index is 0.288. The number of nitrogens with one attached hydrogen (secondary N) is 1. The highest BCUT2D eigenvalue weighted by Crippen LogP contribution is 2.61. The highest BCUT2D eigenvalue weighted by atomic mass is 79.9. The summed E-state index contributed by atoms with van der Waals surface area (Å²) in [5, 5.41) is 0. The molecule has 1 spiro atoms. The zero-order chi connectivity index (χ0) is 22.3. The third-order valence-corrected chi connectivity index (χ3v) is 9.34. The van der Waals surface area contributed by atoms with Crippen LogP contribution in [0.4, 0.5) is 0 Å². The molecule has 5 atom stereocenters. The van der Waals surface area contributed by atoms with Crippen LogP contribution in [0.1, 0.15) is 78.4 Å². The van der Waals surface area contributed by atoms with Gasteiger partial charge in [-0.25, -0.2) is 4.79 Å². The summed E-state index contributed by atoms with van der Waals surface area (Å²) in [6.07, 6.45) is 4.82. The largest absolute Gasteiger partial charge is 0.598 e. The van der Waals surface area contributed by atoms with Crippen LogP contribution in [-0.2, 0) is 32.9 Å². The van der Waals surface area contributed by atoms with Crippen molar-refractivity contribution in [1.82, 2.24) is 4.72 Å². The maximum absolute atomic E-state index is 13.8. The normalized spacial score (nSPS) is 32.1. The van der Waals surface area contributed by atoms with Crippen molar-refractivity contribution in [2.45, 2.75) is 83.9 Å². The monoisotopic (exact) mass is 497 g/mol. The van der Waals surface area contributed by atoms with Crippen molar-refractivity contribution in [2.24, 2.45) is 17.3 Å². The summed E-state index contributed by atoms with van der Waals surface area (Å²) < 4.78 is 23.0. The summed E-state index contributed by atoms with van der Waals surface area (Å²) in [5.41, 5.74) is 0.649. The third-order valence-electron chi connectivity index (χ3n) is 7.24. The molecule has 0 aromatic heterocycles. The van der Waals surface area contributed by atoms with E-state index in [1.165, 1.54) is 0 Å². The van der Waals surface area contributed by atoms with Crippen LogP contribution in [-0.4, -0.2) is 21.9 Å². The lowest BCUT2D eigenvalue weighted by Gasteiger charge is -2.50. The van der Waals surface area contributed by atoms with Gasteiger partial charge in [-0.2, -0.15) is 0 Å². The lowest BCUT2D eigenvalue weighted by molar-refractivity contribution is -0.159. The first-order chi connectivity index (χ1) is 14.0. The first-order valence-corrected chi connectivity index (χ1v) is 13.1. The Kier molecular flexibility index (Phi) is 7.03. The Hall–Kier alpha value is -0.560. The average molecular weight is 499 g/mol. The molecule has 1 N–H and O–H groups in total. The van der Waals surface area contributed by atoms with E-state index < -0.39 is 21.6 Å². The van der Waals surface area contributed by atoms with Gasteiger partial charge in [0.05, 0.1) is 6.61 Å². The number of hydrogen-bond donors (Lipinski definition) is 1. The standard InChI is InChI=1S/C24H36BrNO3S/c1-7-17-14-23(12-11-16(17)3)15-18-9-10-19(25)13-20(18)24(23,21(27)29-8-2)26-30(28)22(4,5)6/h9-10,13,16-17,26H,7-8,11-12,14-15H2,1-6H3/t16-,17-,23-,24+,30-/m0/s1. The molecule has 1 aromatic rings. The maximum Gasteiger partial charge on any atom is 0.336 e. The number of halogens is 1. The summed E-state index contributed by atoms with van der Waals surface area (Å²) >= 11 is 2.18. The summed E-state index contributed by atoms with van der Waals surface area (Å²) in [6.45, 7) is 12.5. The first-order valence-electron chi connectivity index (χ1n) is 11.2. The topological polar surface area (TPSA) is 61.4 Å². The first kappa shape index (κ1) is 24.1. The minimum Gasteiger partial charge on any atom is -0.598 e.